The first-order valence-electron chi connectivity index (χ1n) is 7.76. The predicted molar refractivity (Wildman–Crippen MR) is 85.8 cm³/mol. The van der Waals surface area contributed by atoms with Gasteiger partial charge in [-0.2, -0.15) is 4.31 Å². The van der Waals surface area contributed by atoms with Crippen molar-refractivity contribution in [1.29, 1.82) is 0 Å². The van der Waals surface area contributed by atoms with Crippen molar-refractivity contribution < 1.29 is 8.42 Å². The maximum Gasteiger partial charge on any atom is 0.243 e. The lowest BCUT2D eigenvalue weighted by molar-refractivity contribution is 0.395. The van der Waals surface area contributed by atoms with E-state index in [4.69, 9.17) is 0 Å². The highest BCUT2D eigenvalue weighted by atomic mass is 32.2. The van der Waals surface area contributed by atoms with Gasteiger partial charge >= 0.3 is 0 Å². The number of benzene rings is 1. The average molecular weight is 310 g/mol. The highest BCUT2D eigenvalue weighted by Gasteiger charge is 2.37. The van der Waals surface area contributed by atoms with E-state index in [1.807, 2.05) is 26.1 Å². The maximum atomic E-state index is 12.9. The lowest BCUT2D eigenvalue weighted by atomic mass is 10.1. The number of aryl methyl sites for hydroxylation is 1. The lowest BCUT2D eigenvalue weighted by Crippen LogP contribution is -2.34. The van der Waals surface area contributed by atoms with Crippen molar-refractivity contribution in [3.8, 4) is 0 Å². The van der Waals surface area contributed by atoms with Crippen LogP contribution in [0.2, 0.25) is 0 Å². The van der Waals surface area contributed by atoms with E-state index >= 15 is 0 Å². The highest BCUT2D eigenvalue weighted by Crippen LogP contribution is 2.32. The fourth-order valence-corrected chi connectivity index (χ4v) is 4.27. The molecule has 1 aromatic rings. The van der Waals surface area contributed by atoms with Crippen LogP contribution in [0.3, 0.4) is 0 Å². The summed E-state index contributed by atoms with van der Waals surface area (Å²) in [4.78, 5) is 0.432. The minimum absolute atomic E-state index is 0.218. The van der Waals surface area contributed by atoms with Crippen LogP contribution in [0, 0.1) is 6.92 Å². The molecule has 1 aliphatic carbocycles. The van der Waals surface area contributed by atoms with Crippen LogP contribution in [0.15, 0.2) is 23.1 Å². The molecular formula is C16H26N2O2S. The van der Waals surface area contributed by atoms with Gasteiger partial charge < -0.3 is 5.32 Å². The van der Waals surface area contributed by atoms with Crippen molar-refractivity contribution >= 4 is 10.0 Å². The Morgan fingerprint density at radius 3 is 2.62 bits per heavy atom. The summed E-state index contributed by atoms with van der Waals surface area (Å²) in [6.07, 6.45) is 3.93. The van der Waals surface area contributed by atoms with Crippen LogP contribution >= 0.6 is 0 Å². The molecule has 0 atom stereocenters. The molecule has 1 aliphatic rings. The second-order valence-electron chi connectivity index (χ2n) is 5.82. The quantitative estimate of drug-likeness (QED) is 0.803. The molecule has 1 N–H and O–H groups in total. The van der Waals surface area contributed by atoms with Gasteiger partial charge in [0, 0.05) is 19.1 Å². The lowest BCUT2D eigenvalue weighted by Gasteiger charge is -2.22. The van der Waals surface area contributed by atoms with Crippen molar-refractivity contribution in [3.05, 3.63) is 29.3 Å². The topological polar surface area (TPSA) is 49.4 Å². The largest absolute Gasteiger partial charge is 0.316 e. The van der Waals surface area contributed by atoms with Gasteiger partial charge in [0.05, 0.1) is 4.90 Å². The molecule has 0 spiro atoms. The van der Waals surface area contributed by atoms with Gasteiger partial charge in [-0.15, -0.1) is 0 Å². The summed E-state index contributed by atoms with van der Waals surface area (Å²) in [5.74, 6) is 0. The molecule has 0 aromatic heterocycles. The number of nitrogens with zero attached hydrogens (tertiary/aromatic N) is 1. The molecular weight excluding hydrogens is 284 g/mol. The molecule has 0 aliphatic heterocycles. The van der Waals surface area contributed by atoms with Crippen LogP contribution in [-0.2, 0) is 16.6 Å². The third-order valence-corrected chi connectivity index (χ3v) is 5.93. The second kappa shape index (κ2) is 6.90. The molecule has 0 saturated heterocycles. The van der Waals surface area contributed by atoms with Crippen molar-refractivity contribution in [2.45, 2.75) is 57.0 Å². The number of unbranched alkanes of at least 4 members (excludes halogenated alkanes) is 1. The minimum atomic E-state index is -3.36. The first-order valence-corrected chi connectivity index (χ1v) is 9.20. The maximum absolute atomic E-state index is 12.9. The van der Waals surface area contributed by atoms with Crippen LogP contribution < -0.4 is 5.32 Å². The Balaban J connectivity index is 2.30. The zero-order chi connectivity index (χ0) is 15.5. The first-order chi connectivity index (χ1) is 10.0. The second-order valence-corrected chi connectivity index (χ2v) is 7.71. The summed E-state index contributed by atoms with van der Waals surface area (Å²) >= 11 is 0. The molecule has 118 valence electrons. The first kappa shape index (κ1) is 16.5. The number of rotatable bonds is 8. The molecule has 2 rings (SSSR count). The Morgan fingerprint density at radius 2 is 2.05 bits per heavy atom. The van der Waals surface area contributed by atoms with E-state index in [-0.39, 0.29) is 6.04 Å². The Labute approximate surface area is 128 Å². The predicted octanol–water partition coefficient (Wildman–Crippen LogP) is 2.67. The fourth-order valence-electron chi connectivity index (χ4n) is 2.50. The Morgan fingerprint density at radius 1 is 1.33 bits per heavy atom. The molecule has 0 bridgehead atoms. The van der Waals surface area contributed by atoms with Gasteiger partial charge in [0.2, 0.25) is 10.0 Å². The van der Waals surface area contributed by atoms with E-state index in [2.05, 4.69) is 12.2 Å². The molecule has 1 fully saturated rings. The fraction of sp³-hybridized carbons (Fsp3) is 0.625. The Bertz CT molecular complexity index is 580. The van der Waals surface area contributed by atoms with Crippen LogP contribution in [0.4, 0.5) is 0 Å². The van der Waals surface area contributed by atoms with Gasteiger partial charge in [0.15, 0.2) is 0 Å². The number of hydrogen-bond donors (Lipinski definition) is 1. The van der Waals surface area contributed by atoms with E-state index in [0.717, 1.165) is 36.8 Å². The number of nitrogens with one attached hydrogen (secondary N) is 1. The summed E-state index contributed by atoms with van der Waals surface area (Å²) < 4.78 is 27.5. The van der Waals surface area contributed by atoms with Gasteiger partial charge in [0.25, 0.3) is 0 Å². The van der Waals surface area contributed by atoms with E-state index < -0.39 is 10.0 Å². The molecule has 21 heavy (non-hydrogen) atoms. The third-order valence-electron chi connectivity index (χ3n) is 3.98. The van der Waals surface area contributed by atoms with Crippen molar-refractivity contribution in [2.75, 3.05) is 13.6 Å². The van der Waals surface area contributed by atoms with Gasteiger partial charge in [-0.05, 0) is 56.5 Å². The van der Waals surface area contributed by atoms with Gasteiger partial charge in [-0.25, -0.2) is 8.42 Å². The standard InChI is InChI=1S/C16H26N2O2S/c1-4-5-10-18(15-7-8-15)21(19,20)16-9-6-13(2)14(11-16)12-17-3/h6,9,11,15,17H,4-5,7-8,10,12H2,1-3H3. The monoisotopic (exact) mass is 310 g/mol. The summed E-state index contributed by atoms with van der Waals surface area (Å²) in [5, 5.41) is 3.09. The smallest absolute Gasteiger partial charge is 0.243 e. The third kappa shape index (κ3) is 3.84. The zero-order valence-corrected chi connectivity index (χ0v) is 14.0. The zero-order valence-electron chi connectivity index (χ0n) is 13.2. The number of sulfonamides is 1. The summed E-state index contributed by atoms with van der Waals surface area (Å²) in [7, 11) is -1.49. The van der Waals surface area contributed by atoms with Crippen LogP contribution in [0.5, 0.6) is 0 Å². The molecule has 0 heterocycles. The van der Waals surface area contributed by atoms with Gasteiger partial charge in [-0.3, -0.25) is 0 Å². The normalized spacial score (nSPS) is 15.6. The Hall–Kier alpha value is -0.910. The number of hydrogen-bond acceptors (Lipinski definition) is 3. The molecule has 4 nitrogen and oxygen atoms in total. The summed E-state index contributed by atoms with van der Waals surface area (Å²) in [5.41, 5.74) is 2.17. The van der Waals surface area contributed by atoms with E-state index in [1.165, 1.54) is 0 Å². The summed E-state index contributed by atoms with van der Waals surface area (Å²) in [6, 6.07) is 5.69. The van der Waals surface area contributed by atoms with Crippen molar-refractivity contribution in [3.63, 3.8) is 0 Å². The van der Waals surface area contributed by atoms with Gasteiger partial charge in [-0.1, -0.05) is 19.4 Å². The van der Waals surface area contributed by atoms with Gasteiger partial charge in [0.1, 0.15) is 0 Å². The molecule has 5 heteroatoms. The SMILES string of the molecule is CCCCN(C1CC1)S(=O)(=O)c1ccc(C)c(CNC)c1. The van der Waals surface area contributed by atoms with E-state index in [0.29, 0.717) is 18.0 Å². The molecule has 0 unspecified atom stereocenters. The van der Waals surface area contributed by atoms with Crippen molar-refractivity contribution in [2.24, 2.45) is 0 Å². The molecule has 1 saturated carbocycles. The summed E-state index contributed by atoms with van der Waals surface area (Å²) in [6.45, 7) is 5.43. The van der Waals surface area contributed by atoms with Crippen molar-refractivity contribution in [1.82, 2.24) is 9.62 Å². The van der Waals surface area contributed by atoms with Crippen LogP contribution in [0.25, 0.3) is 0 Å². The average Bonchev–Trinajstić information content (AvgIpc) is 3.26. The van der Waals surface area contributed by atoms with E-state index in [9.17, 15) is 8.42 Å². The molecule has 0 radical (unpaired) electrons. The highest BCUT2D eigenvalue weighted by molar-refractivity contribution is 7.89. The van der Waals surface area contributed by atoms with Crippen LogP contribution in [0.1, 0.15) is 43.7 Å². The van der Waals surface area contributed by atoms with E-state index in [1.54, 1.807) is 10.4 Å². The van der Waals surface area contributed by atoms with Crippen LogP contribution in [-0.4, -0.2) is 32.4 Å². The Kier molecular flexibility index (Phi) is 5.41. The minimum Gasteiger partial charge on any atom is -0.316 e. The molecule has 1 aromatic carbocycles. The molecule has 0 amide bonds.